The van der Waals surface area contributed by atoms with Gasteiger partial charge >= 0.3 is 0 Å². The molecular weight excluding hydrogens is 206 g/mol. The highest BCUT2D eigenvalue weighted by Gasteiger charge is 1.98. The zero-order valence-corrected chi connectivity index (χ0v) is 8.92. The second-order valence-electron chi connectivity index (χ2n) is 3.19. The molecule has 3 N–H and O–H groups in total. The van der Waals surface area contributed by atoms with E-state index in [-0.39, 0.29) is 5.17 Å². The molecule has 1 heterocycles. The Morgan fingerprint density at radius 1 is 1.40 bits per heavy atom. The number of nitrogens with two attached hydrogens (primary N) is 1. The van der Waals surface area contributed by atoms with Crippen molar-refractivity contribution in [2.45, 2.75) is 5.75 Å². The lowest BCUT2D eigenvalue weighted by Crippen LogP contribution is -2.03. The van der Waals surface area contributed by atoms with Gasteiger partial charge in [0.25, 0.3) is 0 Å². The summed E-state index contributed by atoms with van der Waals surface area (Å²) >= 11 is 1.31. The molecule has 0 radical (unpaired) electrons. The number of nitrogens with zero attached hydrogens (tertiary/aromatic N) is 1. The first kappa shape index (κ1) is 9.98. The minimum atomic E-state index is 0.142. The number of benzene rings is 1. The Bertz CT molecular complexity index is 496. The van der Waals surface area contributed by atoms with E-state index in [9.17, 15) is 0 Å². The molecular formula is C11H11N3S. The summed E-state index contributed by atoms with van der Waals surface area (Å²) in [5.74, 6) is 0.702. The fourth-order valence-electron chi connectivity index (χ4n) is 1.36. The molecule has 0 aliphatic heterocycles. The Labute approximate surface area is 92.2 Å². The quantitative estimate of drug-likeness (QED) is 0.599. The molecule has 0 aliphatic rings. The lowest BCUT2D eigenvalue weighted by molar-refractivity contribution is 1.31. The summed E-state index contributed by atoms with van der Waals surface area (Å²) in [5.41, 5.74) is 7.36. The average Bonchev–Trinajstić information content (AvgIpc) is 2.26. The highest BCUT2D eigenvalue weighted by molar-refractivity contribution is 8.13. The maximum Gasteiger partial charge on any atom is 0.151 e. The van der Waals surface area contributed by atoms with Crippen molar-refractivity contribution in [2.24, 2.45) is 5.73 Å². The first-order valence-corrected chi connectivity index (χ1v) is 5.55. The summed E-state index contributed by atoms with van der Waals surface area (Å²) < 4.78 is 0. The normalized spacial score (nSPS) is 10.4. The van der Waals surface area contributed by atoms with Gasteiger partial charge in [0.1, 0.15) is 0 Å². The first-order chi connectivity index (χ1) is 7.25. The van der Waals surface area contributed by atoms with Crippen molar-refractivity contribution in [3.63, 3.8) is 0 Å². The molecule has 0 saturated heterocycles. The number of aromatic nitrogens is 1. The molecule has 0 amide bonds. The van der Waals surface area contributed by atoms with Gasteiger partial charge in [0.05, 0.1) is 5.52 Å². The summed E-state index contributed by atoms with van der Waals surface area (Å²) in [6.45, 7) is 0. The number of thioether (sulfide) groups is 1. The van der Waals surface area contributed by atoms with Crippen LogP contribution in [0.15, 0.2) is 36.5 Å². The average molecular weight is 217 g/mol. The van der Waals surface area contributed by atoms with E-state index in [1.807, 2.05) is 30.5 Å². The number of rotatable bonds is 2. The van der Waals surface area contributed by atoms with Crippen molar-refractivity contribution >= 4 is 27.8 Å². The standard InChI is InChI=1S/C11H11N3S/c12-11(13)15-7-8-5-9-3-1-2-4-10(9)14-6-8/h1-6H,7H2,(H3,12,13). The second kappa shape index (κ2) is 4.31. The maximum absolute atomic E-state index is 7.13. The monoisotopic (exact) mass is 217 g/mol. The molecule has 0 fully saturated rings. The smallest absolute Gasteiger partial charge is 0.151 e. The zero-order chi connectivity index (χ0) is 10.7. The van der Waals surface area contributed by atoms with E-state index in [1.165, 1.54) is 11.8 Å². The van der Waals surface area contributed by atoms with Crippen molar-refractivity contribution < 1.29 is 0 Å². The van der Waals surface area contributed by atoms with E-state index in [2.05, 4.69) is 11.1 Å². The molecule has 76 valence electrons. The van der Waals surface area contributed by atoms with Gasteiger partial charge in [-0.1, -0.05) is 30.0 Å². The molecule has 1 aromatic carbocycles. The third kappa shape index (κ3) is 2.47. The van der Waals surface area contributed by atoms with Gasteiger partial charge in [0.2, 0.25) is 0 Å². The van der Waals surface area contributed by atoms with E-state index in [4.69, 9.17) is 11.1 Å². The minimum absolute atomic E-state index is 0.142. The SMILES string of the molecule is N=C(N)SCc1cnc2ccccc2c1. The van der Waals surface area contributed by atoms with Crippen LogP contribution in [0.2, 0.25) is 0 Å². The topological polar surface area (TPSA) is 62.8 Å². The van der Waals surface area contributed by atoms with E-state index in [1.54, 1.807) is 0 Å². The van der Waals surface area contributed by atoms with Crippen LogP contribution in [0.4, 0.5) is 0 Å². The number of hydrogen-bond acceptors (Lipinski definition) is 3. The van der Waals surface area contributed by atoms with Gasteiger partial charge in [-0.15, -0.1) is 0 Å². The number of para-hydroxylation sites is 1. The molecule has 2 aromatic rings. The molecule has 4 heteroatoms. The van der Waals surface area contributed by atoms with E-state index in [0.717, 1.165) is 16.5 Å². The highest BCUT2D eigenvalue weighted by atomic mass is 32.2. The van der Waals surface area contributed by atoms with Gasteiger partial charge in [-0.3, -0.25) is 10.4 Å². The zero-order valence-electron chi connectivity index (χ0n) is 8.10. The number of nitrogens with one attached hydrogen (secondary N) is 1. The molecule has 0 spiro atoms. The highest BCUT2D eigenvalue weighted by Crippen LogP contribution is 2.16. The summed E-state index contributed by atoms with van der Waals surface area (Å²) in [5, 5.41) is 8.39. The lowest BCUT2D eigenvalue weighted by Gasteiger charge is -2.01. The van der Waals surface area contributed by atoms with Gasteiger partial charge < -0.3 is 5.73 Å². The summed E-state index contributed by atoms with van der Waals surface area (Å²) in [6, 6.07) is 10.1. The molecule has 3 nitrogen and oxygen atoms in total. The van der Waals surface area contributed by atoms with Crippen molar-refractivity contribution in [2.75, 3.05) is 0 Å². The van der Waals surface area contributed by atoms with Gasteiger partial charge in [-0.25, -0.2) is 0 Å². The van der Waals surface area contributed by atoms with Crippen molar-refractivity contribution in [1.82, 2.24) is 4.98 Å². The molecule has 0 bridgehead atoms. The van der Waals surface area contributed by atoms with Gasteiger partial charge in [0.15, 0.2) is 5.17 Å². The van der Waals surface area contributed by atoms with Gasteiger partial charge in [-0.05, 0) is 17.7 Å². The van der Waals surface area contributed by atoms with Gasteiger partial charge in [0, 0.05) is 17.3 Å². The lowest BCUT2D eigenvalue weighted by atomic mass is 10.2. The van der Waals surface area contributed by atoms with Crippen LogP contribution in [0, 0.1) is 5.41 Å². The van der Waals surface area contributed by atoms with Crippen LogP contribution in [0.25, 0.3) is 10.9 Å². The summed E-state index contributed by atoms with van der Waals surface area (Å²) in [4.78, 5) is 4.33. The Morgan fingerprint density at radius 2 is 2.20 bits per heavy atom. The van der Waals surface area contributed by atoms with Crippen LogP contribution in [-0.2, 0) is 5.75 Å². The Balaban J connectivity index is 2.26. The van der Waals surface area contributed by atoms with Crippen LogP contribution in [0.3, 0.4) is 0 Å². The van der Waals surface area contributed by atoms with Crippen LogP contribution in [0.1, 0.15) is 5.56 Å². The molecule has 0 aliphatic carbocycles. The third-order valence-corrected chi connectivity index (χ3v) is 2.83. The number of amidine groups is 1. The van der Waals surface area contributed by atoms with Crippen LogP contribution in [0.5, 0.6) is 0 Å². The van der Waals surface area contributed by atoms with E-state index in [0.29, 0.717) is 5.75 Å². The summed E-state index contributed by atoms with van der Waals surface area (Å²) in [6.07, 6.45) is 1.83. The number of hydrogen-bond donors (Lipinski definition) is 2. The fourth-order valence-corrected chi connectivity index (χ4v) is 1.84. The largest absolute Gasteiger partial charge is 0.379 e. The van der Waals surface area contributed by atoms with Crippen molar-refractivity contribution in [3.05, 3.63) is 42.1 Å². The third-order valence-electron chi connectivity index (χ3n) is 2.04. The summed E-state index contributed by atoms with van der Waals surface area (Å²) in [7, 11) is 0. The molecule has 0 unspecified atom stereocenters. The van der Waals surface area contributed by atoms with Crippen LogP contribution < -0.4 is 5.73 Å². The molecule has 1 aromatic heterocycles. The first-order valence-electron chi connectivity index (χ1n) is 4.56. The Hall–Kier alpha value is -1.55. The van der Waals surface area contributed by atoms with Gasteiger partial charge in [-0.2, -0.15) is 0 Å². The Morgan fingerprint density at radius 3 is 3.00 bits per heavy atom. The van der Waals surface area contributed by atoms with Crippen LogP contribution in [-0.4, -0.2) is 10.2 Å². The van der Waals surface area contributed by atoms with Crippen LogP contribution >= 0.6 is 11.8 Å². The maximum atomic E-state index is 7.13. The minimum Gasteiger partial charge on any atom is -0.379 e. The predicted octanol–water partition coefficient (Wildman–Crippen LogP) is 2.36. The van der Waals surface area contributed by atoms with Crippen molar-refractivity contribution in [1.29, 1.82) is 5.41 Å². The molecule has 2 rings (SSSR count). The molecule has 15 heavy (non-hydrogen) atoms. The number of pyridine rings is 1. The Kier molecular flexibility index (Phi) is 2.87. The van der Waals surface area contributed by atoms with Crippen molar-refractivity contribution in [3.8, 4) is 0 Å². The number of fused-ring (bicyclic) bond motifs is 1. The fraction of sp³-hybridized carbons (Fsp3) is 0.0909. The van der Waals surface area contributed by atoms with E-state index < -0.39 is 0 Å². The van der Waals surface area contributed by atoms with E-state index >= 15 is 0 Å². The molecule has 0 saturated carbocycles. The predicted molar refractivity (Wildman–Crippen MR) is 65.0 cm³/mol. The molecule has 0 atom stereocenters. The second-order valence-corrected chi connectivity index (χ2v) is 4.21.